The van der Waals surface area contributed by atoms with Crippen LogP contribution in [0.25, 0.3) is 11.1 Å². The molecule has 1 atom stereocenters. The van der Waals surface area contributed by atoms with E-state index in [0.717, 1.165) is 0 Å². The number of carbonyl (C=O) groups is 2. The number of carbonyl (C=O) groups excluding carboxylic acids is 2. The predicted molar refractivity (Wildman–Crippen MR) is 78.6 cm³/mol. The molecule has 1 aliphatic heterocycles. The van der Waals surface area contributed by atoms with Gasteiger partial charge in [-0.1, -0.05) is 48.5 Å². The highest BCUT2D eigenvalue weighted by Gasteiger charge is 2.37. The Hall–Kier alpha value is -2.42. The average Bonchev–Trinajstić information content (AvgIpc) is 2.98. The molecule has 2 aromatic rings. The van der Waals surface area contributed by atoms with Crippen LogP contribution >= 0.6 is 0 Å². The summed E-state index contributed by atoms with van der Waals surface area (Å²) in [5, 5.41) is 3.55. The maximum atomic E-state index is 11.8. The fraction of sp³-hybridized carbons (Fsp3) is 0.222. The van der Waals surface area contributed by atoms with E-state index in [1.54, 1.807) is 0 Å². The molecule has 2 amide bonds. The molecule has 3 heteroatoms. The fourth-order valence-corrected chi connectivity index (χ4v) is 3.54. The van der Waals surface area contributed by atoms with Gasteiger partial charge in [-0.25, -0.2) is 0 Å². The van der Waals surface area contributed by atoms with Crippen LogP contribution in [0.1, 0.15) is 29.9 Å². The van der Waals surface area contributed by atoms with Crippen molar-refractivity contribution in [1.29, 1.82) is 0 Å². The lowest BCUT2D eigenvalue weighted by molar-refractivity contribution is -0.126. The van der Waals surface area contributed by atoms with Gasteiger partial charge >= 0.3 is 0 Å². The molecule has 3 nitrogen and oxygen atoms in total. The van der Waals surface area contributed by atoms with E-state index in [-0.39, 0.29) is 30.1 Å². The van der Waals surface area contributed by atoms with E-state index in [2.05, 4.69) is 29.6 Å². The molecule has 0 aromatic heterocycles. The first-order valence-corrected chi connectivity index (χ1v) is 7.20. The minimum atomic E-state index is -0.274. The Kier molecular flexibility index (Phi) is 2.67. The molecule has 1 fully saturated rings. The molecule has 103 valence electrons. The first-order chi connectivity index (χ1) is 10.2. The Labute approximate surface area is 123 Å². The lowest BCUT2D eigenvalue weighted by atomic mass is 9.86. The van der Waals surface area contributed by atoms with Crippen molar-refractivity contribution in [3.63, 3.8) is 0 Å². The van der Waals surface area contributed by atoms with Gasteiger partial charge in [-0.05, 0) is 28.7 Å². The number of benzene rings is 2. The normalized spacial score (nSPS) is 20.3. The van der Waals surface area contributed by atoms with Crippen molar-refractivity contribution in [1.82, 2.24) is 5.32 Å². The second kappa shape index (κ2) is 4.55. The lowest BCUT2D eigenvalue weighted by Crippen LogP contribution is -2.16. The summed E-state index contributed by atoms with van der Waals surface area (Å²) in [6, 6.07) is 16.6. The summed E-state index contributed by atoms with van der Waals surface area (Å²) in [5.74, 6) is -0.597. The highest BCUT2D eigenvalue weighted by Crippen LogP contribution is 2.47. The van der Waals surface area contributed by atoms with E-state index in [1.165, 1.54) is 22.3 Å². The summed E-state index contributed by atoms with van der Waals surface area (Å²) in [6.45, 7) is 0. The van der Waals surface area contributed by atoms with Gasteiger partial charge < -0.3 is 0 Å². The van der Waals surface area contributed by atoms with Gasteiger partial charge in [0.15, 0.2) is 0 Å². The third-order valence-corrected chi connectivity index (χ3v) is 4.49. The zero-order valence-corrected chi connectivity index (χ0v) is 11.5. The molecule has 2 aliphatic rings. The SMILES string of the molecule is O=C1CC(CC2c3ccccc3-c3ccccc32)C(=O)[N]1. The number of hydrogen-bond donors (Lipinski definition) is 0. The third-order valence-electron chi connectivity index (χ3n) is 4.49. The number of rotatable bonds is 2. The van der Waals surface area contributed by atoms with Crippen molar-refractivity contribution < 1.29 is 9.59 Å². The van der Waals surface area contributed by atoms with E-state index in [0.29, 0.717) is 6.42 Å². The van der Waals surface area contributed by atoms with Crippen LogP contribution in [0, 0.1) is 5.92 Å². The molecule has 1 aliphatic carbocycles. The summed E-state index contributed by atoms with van der Waals surface area (Å²) in [7, 11) is 0. The highest BCUT2D eigenvalue weighted by atomic mass is 16.2. The van der Waals surface area contributed by atoms with Gasteiger partial charge in [0.2, 0.25) is 5.91 Å². The zero-order chi connectivity index (χ0) is 14.4. The van der Waals surface area contributed by atoms with Crippen molar-refractivity contribution in [3.8, 4) is 11.1 Å². The topological polar surface area (TPSA) is 48.2 Å². The van der Waals surface area contributed by atoms with Crippen LogP contribution in [-0.4, -0.2) is 11.8 Å². The Balaban J connectivity index is 1.75. The summed E-state index contributed by atoms with van der Waals surface area (Å²) < 4.78 is 0. The molecule has 1 radical (unpaired) electrons. The number of fused-ring (bicyclic) bond motifs is 3. The third kappa shape index (κ3) is 1.88. The molecule has 0 spiro atoms. The van der Waals surface area contributed by atoms with Crippen LogP contribution in [0.4, 0.5) is 0 Å². The van der Waals surface area contributed by atoms with E-state index in [1.807, 2.05) is 24.3 Å². The van der Waals surface area contributed by atoms with Gasteiger partial charge in [-0.2, -0.15) is 5.32 Å². The minimum absolute atomic E-state index is 0.187. The van der Waals surface area contributed by atoms with Crippen LogP contribution in [0.15, 0.2) is 48.5 Å². The molecule has 0 saturated carbocycles. The summed E-state index contributed by atoms with van der Waals surface area (Å²) in [4.78, 5) is 23.2. The fourth-order valence-electron chi connectivity index (χ4n) is 3.54. The summed E-state index contributed by atoms with van der Waals surface area (Å²) in [5.41, 5.74) is 5.00. The van der Waals surface area contributed by atoms with E-state index in [4.69, 9.17) is 0 Å². The highest BCUT2D eigenvalue weighted by molar-refractivity contribution is 6.03. The van der Waals surface area contributed by atoms with Crippen LogP contribution < -0.4 is 5.32 Å². The van der Waals surface area contributed by atoms with Crippen LogP contribution in [0.5, 0.6) is 0 Å². The number of imide groups is 1. The second-order valence-corrected chi connectivity index (χ2v) is 5.71. The van der Waals surface area contributed by atoms with Crippen molar-refractivity contribution in [3.05, 3.63) is 59.7 Å². The van der Waals surface area contributed by atoms with Gasteiger partial charge in [-0.15, -0.1) is 0 Å². The second-order valence-electron chi connectivity index (χ2n) is 5.71. The molecule has 4 rings (SSSR count). The Morgan fingerprint density at radius 2 is 1.48 bits per heavy atom. The van der Waals surface area contributed by atoms with Gasteiger partial charge in [0, 0.05) is 12.3 Å². The minimum Gasteiger partial charge on any atom is -0.272 e. The van der Waals surface area contributed by atoms with E-state index >= 15 is 0 Å². The molecular formula is C18H14NO2. The quantitative estimate of drug-likeness (QED) is 0.792. The molecular weight excluding hydrogens is 262 g/mol. The molecule has 1 unspecified atom stereocenters. The molecule has 0 bridgehead atoms. The molecule has 21 heavy (non-hydrogen) atoms. The molecule has 2 aromatic carbocycles. The molecule has 1 heterocycles. The van der Waals surface area contributed by atoms with Crippen molar-refractivity contribution >= 4 is 11.8 Å². The van der Waals surface area contributed by atoms with Gasteiger partial charge in [0.25, 0.3) is 5.91 Å². The number of amides is 2. The largest absolute Gasteiger partial charge is 0.272 e. The maximum absolute atomic E-state index is 11.8. The molecule has 1 saturated heterocycles. The first kappa shape index (κ1) is 12.3. The number of nitrogens with zero attached hydrogens (tertiary/aromatic N) is 1. The molecule has 0 N–H and O–H groups in total. The summed E-state index contributed by atoms with van der Waals surface area (Å²) in [6.07, 6.45) is 0.932. The van der Waals surface area contributed by atoms with Crippen LogP contribution in [-0.2, 0) is 9.59 Å². The Bertz CT molecular complexity index is 705. The van der Waals surface area contributed by atoms with Crippen molar-refractivity contribution in [2.24, 2.45) is 5.92 Å². The van der Waals surface area contributed by atoms with Crippen LogP contribution in [0.2, 0.25) is 0 Å². The maximum Gasteiger partial charge on any atom is 0.252 e. The van der Waals surface area contributed by atoms with Gasteiger partial charge in [-0.3, -0.25) is 9.59 Å². The van der Waals surface area contributed by atoms with Crippen LogP contribution in [0.3, 0.4) is 0 Å². The van der Waals surface area contributed by atoms with Gasteiger partial charge in [0.05, 0.1) is 5.92 Å². The zero-order valence-electron chi connectivity index (χ0n) is 11.5. The number of hydrogen-bond acceptors (Lipinski definition) is 2. The van der Waals surface area contributed by atoms with E-state index in [9.17, 15) is 9.59 Å². The smallest absolute Gasteiger partial charge is 0.252 e. The van der Waals surface area contributed by atoms with E-state index < -0.39 is 0 Å². The standard InChI is InChI=1S/C18H14NO2/c20-17-10-11(18(21)19-17)9-16-14-7-3-1-5-12(14)13-6-2-4-8-15(13)16/h1-8,11,16H,9-10H2. The first-order valence-electron chi connectivity index (χ1n) is 7.20. The Morgan fingerprint density at radius 1 is 0.905 bits per heavy atom. The lowest BCUT2D eigenvalue weighted by Gasteiger charge is -2.16. The Morgan fingerprint density at radius 3 is 2.00 bits per heavy atom. The van der Waals surface area contributed by atoms with Gasteiger partial charge in [0.1, 0.15) is 0 Å². The predicted octanol–water partition coefficient (Wildman–Crippen LogP) is 2.87. The van der Waals surface area contributed by atoms with Crippen molar-refractivity contribution in [2.45, 2.75) is 18.8 Å². The monoisotopic (exact) mass is 276 g/mol. The average molecular weight is 276 g/mol. The van der Waals surface area contributed by atoms with Crippen molar-refractivity contribution in [2.75, 3.05) is 0 Å². The summed E-state index contributed by atoms with van der Waals surface area (Å²) >= 11 is 0.